The van der Waals surface area contributed by atoms with E-state index in [2.05, 4.69) is 5.32 Å². The van der Waals surface area contributed by atoms with Gasteiger partial charge in [0.25, 0.3) is 0 Å². The molecule has 1 heterocycles. The molecule has 1 aromatic carbocycles. The van der Waals surface area contributed by atoms with Gasteiger partial charge in [0.05, 0.1) is 6.54 Å². The number of carbonyl (C=O) groups is 1. The second kappa shape index (κ2) is 7.01. The van der Waals surface area contributed by atoms with Crippen molar-refractivity contribution >= 4 is 6.09 Å². The highest BCUT2D eigenvalue weighted by Gasteiger charge is 2.31. The summed E-state index contributed by atoms with van der Waals surface area (Å²) < 4.78 is 11.5. The predicted octanol–water partition coefficient (Wildman–Crippen LogP) is 2.79. The molecule has 5 nitrogen and oxygen atoms in total. The van der Waals surface area contributed by atoms with Gasteiger partial charge in [-0.25, -0.2) is 4.79 Å². The number of benzene rings is 1. The monoisotopic (exact) mass is 306 g/mol. The van der Waals surface area contributed by atoms with Crippen LogP contribution in [0.5, 0.6) is 5.75 Å². The quantitative estimate of drug-likeness (QED) is 0.929. The van der Waals surface area contributed by atoms with Crippen LogP contribution in [0.25, 0.3) is 0 Å². The maximum absolute atomic E-state index is 12.1. The molecule has 1 aromatic rings. The summed E-state index contributed by atoms with van der Waals surface area (Å²) in [6.07, 6.45) is 0.584. The van der Waals surface area contributed by atoms with Gasteiger partial charge in [-0.05, 0) is 33.9 Å². The van der Waals surface area contributed by atoms with Gasteiger partial charge in [0.2, 0.25) is 0 Å². The third-order valence-corrected chi connectivity index (χ3v) is 3.43. The molecule has 5 heteroatoms. The first-order valence-corrected chi connectivity index (χ1v) is 7.76. The predicted molar refractivity (Wildman–Crippen MR) is 86.0 cm³/mol. The topological polar surface area (TPSA) is 50.8 Å². The molecule has 0 radical (unpaired) electrons. The van der Waals surface area contributed by atoms with E-state index >= 15 is 0 Å². The molecule has 1 saturated heterocycles. The van der Waals surface area contributed by atoms with Crippen LogP contribution in [0.3, 0.4) is 0 Å². The van der Waals surface area contributed by atoms with Crippen molar-refractivity contribution in [3.05, 3.63) is 29.8 Å². The molecule has 1 amide bonds. The Kier molecular flexibility index (Phi) is 5.29. The molecule has 1 fully saturated rings. The first-order valence-electron chi connectivity index (χ1n) is 7.76. The molecule has 1 aliphatic rings. The number of hydrogen-bond acceptors (Lipinski definition) is 4. The molecule has 22 heavy (non-hydrogen) atoms. The molecule has 0 saturated carbocycles. The van der Waals surface area contributed by atoms with E-state index in [9.17, 15) is 4.79 Å². The second-order valence-electron chi connectivity index (χ2n) is 6.59. The first kappa shape index (κ1) is 16.6. The summed E-state index contributed by atoms with van der Waals surface area (Å²) in [7, 11) is 1.91. The summed E-state index contributed by atoms with van der Waals surface area (Å²) in [5.41, 5.74) is 0.663. The van der Waals surface area contributed by atoms with Gasteiger partial charge in [-0.1, -0.05) is 18.2 Å². The largest absolute Gasteiger partial charge is 0.488 e. The van der Waals surface area contributed by atoms with E-state index in [1.165, 1.54) is 0 Å². The zero-order chi connectivity index (χ0) is 16.2. The van der Waals surface area contributed by atoms with E-state index in [-0.39, 0.29) is 12.2 Å². The van der Waals surface area contributed by atoms with Crippen molar-refractivity contribution in [2.75, 3.05) is 20.1 Å². The Hall–Kier alpha value is -1.75. The summed E-state index contributed by atoms with van der Waals surface area (Å²) in [5, 5.41) is 3.14. The fourth-order valence-corrected chi connectivity index (χ4v) is 2.45. The van der Waals surface area contributed by atoms with Crippen LogP contribution in [0.15, 0.2) is 24.3 Å². The van der Waals surface area contributed by atoms with E-state index < -0.39 is 5.60 Å². The number of carbonyl (C=O) groups excluding carboxylic acids is 1. The smallest absolute Gasteiger partial charge is 0.410 e. The van der Waals surface area contributed by atoms with E-state index in [0.717, 1.165) is 24.3 Å². The number of likely N-dealkylation sites (tertiary alicyclic amines) is 1. The van der Waals surface area contributed by atoms with Crippen LogP contribution >= 0.6 is 0 Å². The molecule has 0 aliphatic carbocycles. The molecule has 1 aliphatic heterocycles. The summed E-state index contributed by atoms with van der Waals surface area (Å²) in [6, 6.07) is 7.99. The lowest BCUT2D eigenvalue weighted by atomic mass is 10.2. The van der Waals surface area contributed by atoms with Gasteiger partial charge in [0.1, 0.15) is 17.5 Å². The van der Waals surface area contributed by atoms with Crippen molar-refractivity contribution < 1.29 is 14.3 Å². The minimum atomic E-state index is -0.463. The average molecular weight is 306 g/mol. The van der Waals surface area contributed by atoms with Crippen molar-refractivity contribution in [3.8, 4) is 5.75 Å². The molecule has 2 rings (SSSR count). The SMILES string of the molecule is CNCc1ccccc1OC1CCN(C(=O)OC(C)(C)C)C1. The molecular weight excluding hydrogens is 280 g/mol. The highest BCUT2D eigenvalue weighted by molar-refractivity contribution is 5.68. The van der Waals surface area contributed by atoms with Crippen LogP contribution in [-0.2, 0) is 11.3 Å². The van der Waals surface area contributed by atoms with Gasteiger partial charge in [-0.15, -0.1) is 0 Å². The summed E-state index contributed by atoms with van der Waals surface area (Å²) in [4.78, 5) is 13.8. The Bertz CT molecular complexity index is 511. The van der Waals surface area contributed by atoms with Crippen molar-refractivity contribution in [1.82, 2.24) is 10.2 Å². The molecular formula is C17H26N2O3. The van der Waals surface area contributed by atoms with Crippen LogP contribution in [0.1, 0.15) is 32.8 Å². The highest BCUT2D eigenvalue weighted by atomic mass is 16.6. The zero-order valence-electron chi connectivity index (χ0n) is 13.9. The normalized spacial score (nSPS) is 18.4. The third-order valence-electron chi connectivity index (χ3n) is 3.43. The Labute approximate surface area is 132 Å². The maximum Gasteiger partial charge on any atom is 0.410 e. The molecule has 1 unspecified atom stereocenters. The number of para-hydroxylation sites is 1. The Morgan fingerprint density at radius 2 is 2.09 bits per heavy atom. The molecule has 122 valence electrons. The van der Waals surface area contributed by atoms with Gasteiger partial charge in [0, 0.05) is 25.1 Å². The summed E-state index contributed by atoms with van der Waals surface area (Å²) in [6.45, 7) is 7.64. The average Bonchev–Trinajstić information content (AvgIpc) is 2.88. The molecule has 0 bridgehead atoms. The zero-order valence-corrected chi connectivity index (χ0v) is 13.9. The van der Waals surface area contributed by atoms with Gasteiger partial charge in [0.15, 0.2) is 0 Å². The van der Waals surface area contributed by atoms with Gasteiger partial charge < -0.3 is 19.7 Å². The minimum absolute atomic E-state index is 0.0190. The van der Waals surface area contributed by atoms with E-state index in [1.807, 2.05) is 52.1 Å². The molecule has 0 spiro atoms. The van der Waals surface area contributed by atoms with Crippen LogP contribution < -0.4 is 10.1 Å². The minimum Gasteiger partial charge on any atom is -0.488 e. The van der Waals surface area contributed by atoms with Crippen LogP contribution in [0.2, 0.25) is 0 Å². The lowest BCUT2D eigenvalue weighted by Crippen LogP contribution is -2.36. The third kappa shape index (κ3) is 4.63. The number of nitrogens with one attached hydrogen (secondary N) is 1. The van der Waals surface area contributed by atoms with Crippen LogP contribution in [0.4, 0.5) is 4.79 Å². The highest BCUT2D eigenvalue weighted by Crippen LogP contribution is 2.23. The Balaban J connectivity index is 1.93. The lowest BCUT2D eigenvalue weighted by Gasteiger charge is -2.24. The number of rotatable bonds is 4. The van der Waals surface area contributed by atoms with E-state index in [0.29, 0.717) is 13.1 Å². The van der Waals surface area contributed by atoms with Crippen molar-refractivity contribution in [2.24, 2.45) is 0 Å². The second-order valence-corrected chi connectivity index (χ2v) is 6.59. The molecule has 1 atom stereocenters. The summed E-state index contributed by atoms with van der Waals surface area (Å²) >= 11 is 0. The number of nitrogens with zero attached hydrogens (tertiary/aromatic N) is 1. The van der Waals surface area contributed by atoms with Gasteiger partial charge >= 0.3 is 6.09 Å². The van der Waals surface area contributed by atoms with Crippen LogP contribution in [0, 0.1) is 0 Å². The maximum atomic E-state index is 12.1. The Morgan fingerprint density at radius 1 is 1.36 bits per heavy atom. The Morgan fingerprint density at radius 3 is 2.77 bits per heavy atom. The molecule has 1 N–H and O–H groups in total. The first-order chi connectivity index (χ1) is 10.4. The fourth-order valence-electron chi connectivity index (χ4n) is 2.45. The van der Waals surface area contributed by atoms with Crippen molar-refractivity contribution in [2.45, 2.75) is 45.4 Å². The van der Waals surface area contributed by atoms with E-state index in [4.69, 9.17) is 9.47 Å². The van der Waals surface area contributed by atoms with Crippen molar-refractivity contribution in [1.29, 1.82) is 0 Å². The standard InChI is InChI=1S/C17H26N2O3/c1-17(2,3)22-16(20)19-10-9-14(12-19)21-15-8-6-5-7-13(15)11-18-4/h5-8,14,18H,9-12H2,1-4H3. The number of ether oxygens (including phenoxy) is 2. The summed E-state index contributed by atoms with van der Waals surface area (Å²) in [5.74, 6) is 0.882. The number of hydrogen-bond donors (Lipinski definition) is 1. The van der Waals surface area contributed by atoms with Gasteiger partial charge in [-0.2, -0.15) is 0 Å². The van der Waals surface area contributed by atoms with Crippen molar-refractivity contribution in [3.63, 3.8) is 0 Å². The van der Waals surface area contributed by atoms with Gasteiger partial charge in [-0.3, -0.25) is 0 Å². The fraction of sp³-hybridized carbons (Fsp3) is 0.588. The van der Waals surface area contributed by atoms with Crippen LogP contribution in [-0.4, -0.2) is 42.8 Å². The van der Waals surface area contributed by atoms with E-state index in [1.54, 1.807) is 4.90 Å². The molecule has 0 aromatic heterocycles. The lowest BCUT2D eigenvalue weighted by molar-refractivity contribution is 0.0275. The number of amides is 1.